The Kier molecular flexibility index (Phi) is 4.81. The maximum absolute atomic E-state index is 8.72. The van der Waals surface area contributed by atoms with Gasteiger partial charge < -0.3 is 4.74 Å². The Morgan fingerprint density at radius 3 is 2.63 bits per heavy atom. The molecule has 0 saturated carbocycles. The highest BCUT2D eigenvalue weighted by atomic mass is 16.5. The number of ether oxygens (including phenoxy) is 1. The minimum absolute atomic E-state index is 0.672. The van der Waals surface area contributed by atoms with Crippen LogP contribution in [0.15, 0.2) is 24.3 Å². The quantitative estimate of drug-likeness (QED) is 0.833. The highest BCUT2D eigenvalue weighted by Crippen LogP contribution is 2.22. The lowest BCUT2D eigenvalue weighted by Crippen LogP contribution is -2.40. The van der Waals surface area contributed by atoms with Gasteiger partial charge in [-0.1, -0.05) is 13.8 Å². The third kappa shape index (κ3) is 3.97. The molecule has 2 rings (SSSR count). The molecule has 0 aromatic heterocycles. The predicted octanol–water partition coefficient (Wildman–Crippen LogP) is 2.91. The molecule has 0 spiro atoms. The fraction of sp³-hybridized carbons (Fsp3) is 0.562. The Labute approximate surface area is 115 Å². The van der Waals surface area contributed by atoms with Gasteiger partial charge in [-0.15, -0.1) is 0 Å². The molecule has 1 heterocycles. The number of rotatable bonds is 4. The second kappa shape index (κ2) is 6.58. The summed E-state index contributed by atoms with van der Waals surface area (Å²) < 4.78 is 5.72. The van der Waals surface area contributed by atoms with Crippen molar-refractivity contribution in [3.8, 4) is 11.8 Å². The molecule has 102 valence electrons. The minimum atomic E-state index is 0.672. The van der Waals surface area contributed by atoms with Crippen LogP contribution in [0.2, 0.25) is 0 Å². The summed E-state index contributed by atoms with van der Waals surface area (Å²) in [4.78, 5) is 2.48. The summed E-state index contributed by atoms with van der Waals surface area (Å²) in [6.07, 6.45) is 1.29. The Morgan fingerprint density at radius 1 is 1.26 bits per heavy atom. The molecule has 0 N–H and O–H groups in total. The van der Waals surface area contributed by atoms with Gasteiger partial charge in [0.25, 0.3) is 0 Å². The van der Waals surface area contributed by atoms with Gasteiger partial charge in [0.1, 0.15) is 12.4 Å². The summed E-state index contributed by atoms with van der Waals surface area (Å²) in [5.41, 5.74) is 0.672. The maximum Gasteiger partial charge on any atom is 0.119 e. The molecule has 0 aliphatic carbocycles. The molecule has 2 atom stereocenters. The molecule has 1 aromatic carbocycles. The topological polar surface area (TPSA) is 36.3 Å². The lowest BCUT2D eigenvalue weighted by molar-refractivity contribution is 0.119. The zero-order valence-electron chi connectivity index (χ0n) is 11.8. The van der Waals surface area contributed by atoms with Crippen molar-refractivity contribution < 1.29 is 4.74 Å². The molecular formula is C16H22N2O. The Hall–Kier alpha value is -1.53. The summed E-state index contributed by atoms with van der Waals surface area (Å²) >= 11 is 0. The van der Waals surface area contributed by atoms with Gasteiger partial charge in [-0.05, 0) is 49.1 Å². The summed E-state index contributed by atoms with van der Waals surface area (Å²) in [5, 5.41) is 8.72. The molecule has 1 saturated heterocycles. The third-order valence-corrected chi connectivity index (χ3v) is 4.08. The van der Waals surface area contributed by atoms with E-state index in [2.05, 4.69) is 24.8 Å². The van der Waals surface area contributed by atoms with Crippen LogP contribution < -0.4 is 4.74 Å². The Morgan fingerprint density at radius 2 is 2.00 bits per heavy atom. The van der Waals surface area contributed by atoms with Gasteiger partial charge in [-0.2, -0.15) is 5.26 Å². The van der Waals surface area contributed by atoms with E-state index in [9.17, 15) is 0 Å². The Balaban J connectivity index is 1.73. The number of benzene rings is 1. The van der Waals surface area contributed by atoms with E-state index in [1.807, 2.05) is 12.1 Å². The first-order chi connectivity index (χ1) is 9.19. The monoisotopic (exact) mass is 258 g/mol. The Bertz CT molecular complexity index is 435. The highest BCUT2D eigenvalue weighted by molar-refractivity contribution is 5.34. The van der Waals surface area contributed by atoms with Crippen LogP contribution >= 0.6 is 0 Å². The number of nitriles is 1. The van der Waals surface area contributed by atoms with Crippen molar-refractivity contribution in [3.63, 3.8) is 0 Å². The lowest BCUT2D eigenvalue weighted by atomic mass is 9.89. The summed E-state index contributed by atoms with van der Waals surface area (Å²) in [5.74, 6) is 2.47. The van der Waals surface area contributed by atoms with E-state index >= 15 is 0 Å². The van der Waals surface area contributed by atoms with E-state index in [4.69, 9.17) is 10.00 Å². The molecule has 1 aliphatic heterocycles. The zero-order valence-corrected chi connectivity index (χ0v) is 11.8. The number of likely N-dealkylation sites (tertiary alicyclic amines) is 1. The van der Waals surface area contributed by atoms with E-state index in [0.717, 1.165) is 24.1 Å². The van der Waals surface area contributed by atoms with Crippen LogP contribution in [0.3, 0.4) is 0 Å². The van der Waals surface area contributed by atoms with Crippen molar-refractivity contribution >= 4 is 0 Å². The number of hydrogen-bond donors (Lipinski definition) is 0. The standard InChI is InChI=1S/C16H22N2O/c1-13-7-8-18(12-14(13)2)9-10-19-16-5-3-15(11-17)4-6-16/h3-6,13-14H,7-10,12H2,1-2H3. The minimum Gasteiger partial charge on any atom is -0.492 e. The van der Waals surface area contributed by atoms with Crippen LogP contribution in [0, 0.1) is 23.2 Å². The van der Waals surface area contributed by atoms with Crippen molar-refractivity contribution in [2.45, 2.75) is 20.3 Å². The van der Waals surface area contributed by atoms with Crippen LogP contribution in [-0.2, 0) is 0 Å². The van der Waals surface area contributed by atoms with Gasteiger partial charge >= 0.3 is 0 Å². The van der Waals surface area contributed by atoms with Crippen molar-refractivity contribution in [2.24, 2.45) is 11.8 Å². The molecule has 1 fully saturated rings. The average molecular weight is 258 g/mol. The van der Waals surface area contributed by atoms with Gasteiger partial charge in [0.2, 0.25) is 0 Å². The third-order valence-electron chi connectivity index (χ3n) is 4.08. The normalized spacial score (nSPS) is 23.8. The molecule has 0 bridgehead atoms. The van der Waals surface area contributed by atoms with Gasteiger partial charge in [-0.3, -0.25) is 4.90 Å². The highest BCUT2D eigenvalue weighted by Gasteiger charge is 2.22. The van der Waals surface area contributed by atoms with E-state index in [1.165, 1.54) is 19.5 Å². The average Bonchev–Trinajstić information content (AvgIpc) is 2.43. The zero-order chi connectivity index (χ0) is 13.7. The van der Waals surface area contributed by atoms with Gasteiger partial charge in [0.05, 0.1) is 11.6 Å². The molecule has 0 amide bonds. The summed E-state index contributed by atoms with van der Waals surface area (Å²) in [6, 6.07) is 9.41. The first-order valence-electron chi connectivity index (χ1n) is 7.04. The van der Waals surface area contributed by atoms with Gasteiger partial charge in [-0.25, -0.2) is 0 Å². The predicted molar refractivity (Wildman–Crippen MR) is 76.0 cm³/mol. The molecule has 1 aliphatic rings. The molecule has 2 unspecified atom stereocenters. The van der Waals surface area contributed by atoms with E-state index in [-0.39, 0.29) is 0 Å². The molecule has 0 radical (unpaired) electrons. The van der Waals surface area contributed by atoms with Crippen LogP contribution in [0.4, 0.5) is 0 Å². The first kappa shape index (κ1) is 13.9. The lowest BCUT2D eigenvalue weighted by Gasteiger charge is -2.35. The van der Waals surface area contributed by atoms with E-state index in [1.54, 1.807) is 12.1 Å². The molecule has 1 aromatic rings. The summed E-state index contributed by atoms with van der Waals surface area (Å²) in [6.45, 7) is 8.73. The number of piperidine rings is 1. The maximum atomic E-state index is 8.72. The summed E-state index contributed by atoms with van der Waals surface area (Å²) in [7, 11) is 0. The van der Waals surface area contributed by atoms with Crippen molar-refractivity contribution in [2.75, 3.05) is 26.2 Å². The molecule has 3 heteroatoms. The van der Waals surface area contributed by atoms with Crippen LogP contribution in [0.5, 0.6) is 5.75 Å². The molecular weight excluding hydrogens is 236 g/mol. The SMILES string of the molecule is CC1CCN(CCOc2ccc(C#N)cc2)CC1C. The van der Waals surface area contributed by atoms with E-state index < -0.39 is 0 Å². The van der Waals surface area contributed by atoms with Crippen LogP contribution in [-0.4, -0.2) is 31.1 Å². The molecule has 3 nitrogen and oxygen atoms in total. The van der Waals surface area contributed by atoms with Crippen molar-refractivity contribution in [1.29, 1.82) is 5.26 Å². The first-order valence-corrected chi connectivity index (χ1v) is 7.04. The van der Waals surface area contributed by atoms with Crippen molar-refractivity contribution in [3.05, 3.63) is 29.8 Å². The van der Waals surface area contributed by atoms with Gasteiger partial charge in [0, 0.05) is 13.1 Å². The largest absolute Gasteiger partial charge is 0.492 e. The number of nitrogens with zero attached hydrogens (tertiary/aromatic N) is 2. The molecule has 19 heavy (non-hydrogen) atoms. The second-order valence-corrected chi connectivity index (χ2v) is 5.53. The van der Waals surface area contributed by atoms with Crippen LogP contribution in [0.25, 0.3) is 0 Å². The van der Waals surface area contributed by atoms with Crippen LogP contribution in [0.1, 0.15) is 25.8 Å². The van der Waals surface area contributed by atoms with E-state index in [0.29, 0.717) is 12.2 Å². The van der Waals surface area contributed by atoms with Gasteiger partial charge in [0.15, 0.2) is 0 Å². The fourth-order valence-corrected chi connectivity index (χ4v) is 2.47. The second-order valence-electron chi connectivity index (χ2n) is 5.53. The fourth-order valence-electron chi connectivity index (χ4n) is 2.47. The smallest absolute Gasteiger partial charge is 0.119 e. The number of hydrogen-bond acceptors (Lipinski definition) is 3. The van der Waals surface area contributed by atoms with Crippen molar-refractivity contribution in [1.82, 2.24) is 4.90 Å².